The van der Waals surface area contributed by atoms with E-state index in [0.717, 1.165) is 25.8 Å². The Labute approximate surface area is 381 Å². The number of nitriles is 3. The maximum absolute atomic E-state index is 11.6. The molecule has 4 heterocycles. The van der Waals surface area contributed by atoms with Crippen molar-refractivity contribution in [3.05, 3.63) is 116 Å². The lowest BCUT2D eigenvalue weighted by atomic mass is 10.1. The number of ether oxygens (including phenoxy) is 2. The number of unbranched alkanes of at least 4 members (excludes halogenated alkanes) is 18. The highest BCUT2D eigenvalue weighted by molar-refractivity contribution is 5.92. The Hall–Kier alpha value is -6.26. The summed E-state index contributed by atoms with van der Waals surface area (Å²) in [4.78, 5) is 43.6. The first-order valence-electron chi connectivity index (χ1n) is 23.3. The van der Waals surface area contributed by atoms with Gasteiger partial charge in [-0.15, -0.1) is 0 Å². The minimum absolute atomic E-state index is 0.0694. The number of primary amides is 1. The fourth-order valence-corrected chi connectivity index (χ4v) is 6.19. The quantitative estimate of drug-likeness (QED) is 0.0541. The fraction of sp³-hybridized carbons (Fsp3) is 0.529. The molecule has 64 heavy (non-hydrogen) atoms. The van der Waals surface area contributed by atoms with E-state index >= 15 is 0 Å². The van der Waals surface area contributed by atoms with E-state index in [-0.39, 0.29) is 11.1 Å². The van der Waals surface area contributed by atoms with Crippen LogP contribution in [0.3, 0.4) is 0 Å². The van der Waals surface area contributed by atoms with Gasteiger partial charge in [-0.3, -0.25) is 14.4 Å². The molecule has 0 atom stereocenters. The van der Waals surface area contributed by atoms with Crippen molar-refractivity contribution in [3.63, 3.8) is 0 Å². The summed E-state index contributed by atoms with van der Waals surface area (Å²) < 4.78 is 12.7. The van der Waals surface area contributed by atoms with Crippen LogP contribution in [0.4, 0.5) is 0 Å². The first kappa shape index (κ1) is 55.8. The summed E-state index contributed by atoms with van der Waals surface area (Å²) in [5.41, 5.74) is 6.74. The number of nitrogens with zero attached hydrogens (tertiary/aromatic N) is 6. The predicted octanol–water partition coefficient (Wildman–Crippen LogP) is 11.1. The monoisotopic (exact) mass is 877 g/mol. The van der Waals surface area contributed by atoms with Gasteiger partial charge in [0.25, 0.3) is 5.56 Å². The first-order chi connectivity index (χ1) is 31.2. The Kier molecular flexibility index (Phi) is 33.5. The van der Waals surface area contributed by atoms with Crippen LogP contribution < -0.4 is 26.3 Å². The van der Waals surface area contributed by atoms with Crippen molar-refractivity contribution in [1.82, 2.24) is 19.5 Å². The SMILES string of the molecule is CCCCCCCCCOc1cc(C#N)ccn1.CCCCCCCCCOc1cc(C(N)=O)ccn1.CCCCCCCCCn1ccc(C#N)cc1=O.N#Cc1cc[nH]c(=O)c1. The summed E-state index contributed by atoms with van der Waals surface area (Å²) in [6.45, 7) is 8.77. The second-order valence-electron chi connectivity index (χ2n) is 15.4. The number of carbonyl (C=O) groups excluding carboxylic acids is 1. The third kappa shape index (κ3) is 29.1. The Morgan fingerprint density at radius 1 is 0.594 bits per heavy atom. The average Bonchev–Trinajstić information content (AvgIpc) is 3.31. The van der Waals surface area contributed by atoms with Crippen molar-refractivity contribution >= 4 is 5.91 Å². The highest BCUT2D eigenvalue weighted by Crippen LogP contribution is 2.13. The van der Waals surface area contributed by atoms with Gasteiger partial charge >= 0.3 is 0 Å². The van der Waals surface area contributed by atoms with E-state index in [0.29, 0.717) is 47.2 Å². The van der Waals surface area contributed by atoms with E-state index in [9.17, 15) is 14.4 Å². The number of amides is 1. The number of aryl methyl sites for hydroxylation is 1. The Morgan fingerprint density at radius 3 is 1.52 bits per heavy atom. The molecule has 0 spiro atoms. The highest BCUT2D eigenvalue weighted by atomic mass is 16.5. The number of H-pyrrole nitrogens is 1. The molecule has 3 N–H and O–H groups in total. The summed E-state index contributed by atoms with van der Waals surface area (Å²) in [5, 5.41) is 25.7. The van der Waals surface area contributed by atoms with Crippen LogP contribution in [0, 0.1) is 34.0 Å². The van der Waals surface area contributed by atoms with Crippen LogP contribution in [0.25, 0.3) is 0 Å². The van der Waals surface area contributed by atoms with Gasteiger partial charge in [-0.1, -0.05) is 136 Å². The summed E-state index contributed by atoms with van der Waals surface area (Å²) in [6.07, 6.45) is 32.6. The molecule has 0 fully saturated rings. The first-order valence-corrected chi connectivity index (χ1v) is 23.3. The molecule has 0 radical (unpaired) electrons. The molecule has 0 aliphatic heterocycles. The number of nitrogens with one attached hydrogen (secondary N) is 1. The van der Waals surface area contributed by atoms with Crippen molar-refractivity contribution in [1.29, 1.82) is 15.8 Å². The molecular weight excluding hydrogens is 805 g/mol. The van der Waals surface area contributed by atoms with Gasteiger partial charge in [0.05, 0.1) is 48.1 Å². The lowest BCUT2D eigenvalue weighted by Gasteiger charge is -2.06. The summed E-state index contributed by atoms with van der Waals surface area (Å²) in [5.74, 6) is 0.575. The molecule has 0 aliphatic rings. The number of pyridine rings is 4. The van der Waals surface area contributed by atoms with Crippen LogP contribution in [0.1, 0.15) is 183 Å². The van der Waals surface area contributed by atoms with Crippen molar-refractivity contribution in [2.24, 2.45) is 5.73 Å². The van der Waals surface area contributed by atoms with Gasteiger partial charge in [-0.2, -0.15) is 15.8 Å². The number of hydrogen-bond acceptors (Lipinski definition) is 10. The molecule has 4 aromatic rings. The number of rotatable bonds is 27. The van der Waals surface area contributed by atoms with Crippen LogP contribution in [0.2, 0.25) is 0 Å². The topological polar surface area (TPSA) is 214 Å². The number of aromatic nitrogens is 4. The Morgan fingerprint density at radius 2 is 1.05 bits per heavy atom. The fourth-order valence-electron chi connectivity index (χ4n) is 6.19. The molecule has 0 unspecified atom stereocenters. The zero-order chi connectivity index (χ0) is 46.9. The molecule has 0 aliphatic carbocycles. The molecule has 4 aromatic heterocycles. The van der Waals surface area contributed by atoms with Crippen LogP contribution in [0.5, 0.6) is 11.8 Å². The van der Waals surface area contributed by atoms with Crippen molar-refractivity contribution in [2.75, 3.05) is 13.2 Å². The lowest BCUT2D eigenvalue weighted by molar-refractivity contribution is 0.0999. The van der Waals surface area contributed by atoms with Crippen molar-refractivity contribution < 1.29 is 14.3 Å². The van der Waals surface area contributed by atoms with Gasteiger partial charge < -0.3 is 24.8 Å². The summed E-state index contributed by atoms with van der Waals surface area (Å²) in [7, 11) is 0. The lowest BCUT2D eigenvalue weighted by Crippen LogP contribution is -2.18. The van der Waals surface area contributed by atoms with E-state index in [4.69, 9.17) is 31.0 Å². The predicted molar refractivity (Wildman–Crippen MR) is 254 cm³/mol. The number of nitrogens with two attached hydrogens (primary N) is 1. The molecule has 13 nitrogen and oxygen atoms in total. The second-order valence-corrected chi connectivity index (χ2v) is 15.4. The molecule has 0 saturated carbocycles. The Balaban J connectivity index is 0.000000438. The zero-order valence-electron chi connectivity index (χ0n) is 38.7. The Bertz CT molecular complexity index is 2080. The van der Waals surface area contributed by atoms with Crippen LogP contribution in [0.15, 0.2) is 82.9 Å². The van der Waals surface area contributed by atoms with Gasteiger partial charge in [0.15, 0.2) is 0 Å². The van der Waals surface area contributed by atoms with Gasteiger partial charge in [0, 0.05) is 61.2 Å². The molecular formula is C51H72N8O5. The second kappa shape index (κ2) is 38.4. The minimum atomic E-state index is -0.455. The van der Waals surface area contributed by atoms with E-state index in [1.54, 1.807) is 59.6 Å². The van der Waals surface area contributed by atoms with Crippen LogP contribution >= 0.6 is 0 Å². The standard InChI is InChI=1S/C15H24N2O2.2C15H22N2O.C6H4N2O/c1-2-3-4-5-6-7-8-11-19-14-12-13(15(16)18)9-10-17-14;1-2-3-4-5-6-7-8-11-18-15-12-14(13-16)9-10-17-15;1-2-3-4-5-6-7-8-10-17-11-9-14(13-16)12-15(17)18;7-4-5-1-2-8-6(9)3-5/h9-10,12H,2-8,11H2,1H3,(H2,16,18);9-10,12H,2-8,11H2,1H3;9,11-12H,2-8,10H2,1H3;1-3H,(H,8,9). The molecule has 0 saturated heterocycles. The van der Waals surface area contributed by atoms with Crippen molar-refractivity contribution in [2.45, 2.75) is 162 Å². The highest BCUT2D eigenvalue weighted by Gasteiger charge is 2.03. The molecule has 0 aromatic carbocycles. The number of aromatic amines is 1. The molecule has 13 heteroatoms. The van der Waals surface area contributed by atoms with Gasteiger partial charge in [-0.25, -0.2) is 9.97 Å². The number of hydrogen-bond donors (Lipinski definition) is 2. The maximum atomic E-state index is 11.6. The molecule has 0 bridgehead atoms. The van der Waals surface area contributed by atoms with E-state index in [1.807, 2.05) is 12.1 Å². The van der Waals surface area contributed by atoms with Crippen molar-refractivity contribution in [3.8, 4) is 30.0 Å². The molecule has 346 valence electrons. The smallest absolute Gasteiger partial charge is 0.251 e. The van der Waals surface area contributed by atoms with E-state index in [1.165, 1.54) is 134 Å². The minimum Gasteiger partial charge on any atom is -0.478 e. The third-order valence-corrected chi connectivity index (χ3v) is 9.91. The summed E-state index contributed by atoms with van der Waals surface area (Å²) >= 11 is 0. The van der Waals surface area contributed by atoms with E-state index < -0.39 is 5.91 Å². The summed E-state index contributed by atoms with van der Waals surface area (Å²) in [6, 6.07) is 18.3. The third-order valence-electron chi connectivity index (χ3n) is 9.91. The number of carbonyl (C=O) groups is 1. The average molecular weight is 877 g/mol. The van der Waals surface area contributed by atoms with Gasteiger partial charge in [0.2, 0.25) is 23.2 Å². The normalized spacial score (nSPS) is 9.94. The molecule has 1 amide bonds. The maximum Gasteiger partial charge on any atom is 0.251 e. The zero-order valence-corrected chi connectivity index (χ0v) is 38.7. The van der Waals surface area contributed by atoms with Crippen LogP contribution in [-0.4, -0.2) is 38.6 Å². The van der Waals surface area contributed by atoms with Crippen LogP contribution in [-0.2, 0) is 6.54 Å². The van der Waals surface area contributed by atoms with E-state index in [2.05, 4.69) is 41.8 Å². The molecule has 4 rings (SSSR count). The van der Waals surface area contributed by atoms with Gasteiger partial charge in [0.1, 0.15) is 0 Å². The largest absolute Gasteiger partial charge is 0.478 e. The van der Waals surface area contributed by atoms with Gasteiger partial charge in [-0.05, 0) is 43.5 Å².